The summed E-state index contributed by atoms with van der Waals surface area (Å²) in [6.45, 7) is 0.560. The summed E-state index contributed by atoms with van der Waals surface area (Å²) in [7, 11) is 1.64. The van der Waals surface area contributed by atoms with E-state index >= 15 is 0 Å². The molecule has 0 bridgehead atoms. The summed E-state index contributed by atoms with van der Waals surface area (Å²) in [5.74, 6) is 1.57. The number of hydrogen-bond donors (Lipinski definition) is 1. The summed E-state index contributed by atoms with van der Waals surface area (Å²) < 4.78 is 10.8. The predicted molar refractivity (Wildman–Crippen MR) is 90.9 cm³/mol. The number of hydrogen-bond acceptors (Lipinski definition) is 6. The molecule has 0 amide bonds. The van der Waals surface area contributed by atoms with Gasteiger partial charge in [0.1, 0.15) is 23.6 Å². The summed E-state index contributed by atoms with van der Waals surface area (Å²) >= 11 is 0. The van der Waals surface area contributed by atoms with Crippen LogP contribution in [0.5, 0.6) is 11.5 Å². The highest BCUT2D eigenvalue weighted by molar-refractivity contribution is 6.10. The van der Waals surface area contributed by atoms with Gasteiger partial charge >= 0.3 is 0 Å². The lowest BCUT2D eigenvalue weighted by Gasteiger charge is -2.08. The third kappa shape index (κ3) is 5.04. The Hall–Kier alpha value is -3.51. The molecule has 6 heteroatoms. The fraction of sp³-hybridized carbons (Fsp3) is 0.167. The molecule has 0 heterocycles. The normalized spacial score (nSPS) is 9.29. The number of nitrogens with one attached hydrogen (secondary N) is 1. The molecule has 0 saturated heterocycles. The zero-order valence-electron chi connectivity index (χ0n) is 13.2. The third-order valence-electron chi connectivity index (χ3n) is 3.18. The number of benzene rings is 2. The standard InChI is InChI=1S/C18H16N4O2/c1-23-17-6-2-14(3-7-17)10-11-24-18-8-4-15(5-9-18)21-22-16(12-19)13-20/h2-9,21H,10-11H2,1H3. The van der Waals surface area contributed by atoms with Crippen molar-refractivity contribution < 1.29 is 9.47 Å². The van der Waals surface area contributed by atoms with Crippen LogP contribution in [0.3, 0.4) is 0 Å². The predicted octanol–water partition coefficient (Wildman–Crippen LogP) is 3.13. The van der Waals surface area contributed by atoms with Crippen molar-refractivity contribution in [2.75, 3.05) is 19.1 Å². The Bertz CT molecular complexity index is 753. The summed E-state index contributed by atoms with van der Waals surface area (Å²) in [4.78, 5) is 0. The second-order valence-electron chi connectivity index (χ2n) is 4.77. The van der Waals surface area contributed by atoms with Crippen molar-refractivity contribution in [1.29, 1.82) is 10.5 Å². The van der Waals surface area contributed by atoms with Crippen molar-refractivity contribution in [2.24, 2.45) is 5.10 Å². The zero-order chi connectivity index (χ0) is 17.2. The van der Waals surface area contributed by atoms with E-state index < -0.39 is 0 Å². The van der Waals surface area contributed by atoms with Crippen molar-refractivity contribution >= 4 is 11.4 Å². The molecule has 0 saturated carbocycles. The van der Waals surface area contributed by atoms with Gasteiger partial charge in [0.05, 0.1) is 19.4 Å². The largest absolute Gasteiger partial charge is 0.497 e. The van der Waals surface area contributed by atoms with Crippen molar-refractivity contribution in [3.8, 4) is 23.6 Å². The Morgan fingerprint density at radius 3 is 2.21 bits per heavy atom. The van der Waals surface area contributed by atoms with Crippen LogP contribution in [0, 0.1) is 22.7 Å². The average Bonchev–Trinajstić information content (AvgIpc) is 2.64. The van der Waals surface area contributed by atoms with Gasteiger partial charge in [0.25, 0.3) is 0 Å². The van der Waals surface area contributed by atoms with E-state index in [-0.39, 0.29) is 5.71 Å². The van der Waals surface area contributed by atoms with Crippen LogP contribution >= 0.6 is 0 Å². The Morgan fingerprint density at radius 2 is 1.62 bits per heavy atom. The molecule has 2 aromatic carbocycles. The van der Waals surface area contributed by atoms with Gasteiger partial charge in [-0.3, -0.25) is 5.43 Å². The van der Waals surface area contributed by atoms with Crippen LogP contribution < -0.4 is 14.9 Å². The highest BCUT2D eigenvalue weighted by atomic mass is 16.5. The van der Waals surface area contributed by atoms with E-state index in [4.69, 9.17) is 20.0 Å². The van der Waals surface area contributed by atoms with Gasteiger partial charge in [-0.2, -0.15) is 15.6 Å². The first-order valence-electron chi connectivity index (χ1n) is 7.25. The fourth-order valence-corrected chi connectivity index (χ4v) is 1.90. The van der Waals surface area contributed by atoms with Gasteiger partial charge < -0.3 is 9.47 Å². The molecule has 6 nitrogen and oxygen atoms in total. The Kier molecular flexibility index (Phi) is 6.19. The van der Waals surface area contributed by atoms with Gasteiger partial charge in [-0.15, -0.1) is 0 Å². The van der Waals surface area contributed by atoms with E-state index in [2.05, 4.69) is 10.5 Å². The number of methoxy groups -OCH3 is 1. The van der Waals surface area contributed by atoms with Crippen LogP contribution in [0.1, 0.15) is 5.56 Å². The summed E-state index contributed by atoms with van der Waals surface area (Å²) in [5.41, 5.74) is 4.25. The topological polar surface area (TPSA) is 90.4 Å². The number of rotatable bonds is 7. The SMILES string of the molecule is COc1ccc(CCOc2ccc(NN=C(C#N)C#N)cc2)cc1. The second kappa shape index (κ2) is 8.82. The van der Waals surface area contributed by atoms with E-state index in [0.29, 0.717) is 12.3 Å². The molecular formula is C18H16N4O2. The van der Waals surface area contributed by atoms with E-state index in [9.17, 15) is 0 Å². The molecule has 0 aliphatic heterocycles. The van der Waals surface area contributed by atoms with Crippen LogP contribution in [0.25, 0.3) is 0 Å². The van der Waals surface area contributed by atoms with Crippen molar-refractivity contribution in [3.63, 3.8) is 0 Å². The quantitative estimate of drug-likeness (QED) is 0.625. The number of anilines is 1. The molecular weight excluding hydrogens is 304 g/mol. The van der Waals surface area contributed by atoms with Crippen LogP contribution in [0.15, 0.2) is 53.6 Å². The molecule has 1 N–H and O–H groups in total. The minimum Gasteiger partial charge on any atom is -0.497 e. The van der Waals surface area contributed by atoms with Gasteiger partial charge in [-0.05, 0) is 42.0 Å². The Morgan fingerprint density at radius 1 is 1.00 bits per heavy atom. The Labute approximate surface area is 140 Å². The van der Waals surface area contributed by atoms with Crippen LogP contribution in [-0.2, 0) is 6.42 Å². The fourth-order valence-electron chi connectivity index (χ4n) is 1.90. The minimum absolute atomic E-state index is 0.227. The molecule has 0 aliphatic carbocycles. The lowest BCUT2D eigenvalue weighted by atomic mass is 10.1. The third-order valence-corrected chi connectivity index (χ3v) is 3.18. The van der Waals surface area contributed by atoms with E-state index in [1.54, 1.807) is 43.5 Å². The Balaban J connectivity index is 1.82. The average molecular weight is 320 g/mol. The molecule has 0 aliphatic rings. The van der Waals surface area contributed by atoms with Crippen molar-refractivity contribution in [1.82, 2.24) is 0 Å². The minimum atomic E-state index is -0.227. The van der Waals surface area contributed by atoms with Crippen molar-refractivity contribution in [3.05, 3.63) is 54.1 Å². The van der Waals surface area contributed by atoms with Crippen LogP contribution in [0.4, 0.5) is 5.69 Å². The maximum absolute atomic E-state index is 8.60. The summed E-state index contributed by atoms with van der Waals surface area (Å²) in [5, 5.41) is 20.9. The lowest BCUT2D eigenvalue weighted by Crippen LogP contribution is -2.01. The molecule has 0 fully saturated rings. The second-order valence-corrected chi connectivity index (χ2v) is 4.77. The first-order valence-corrected chi connectivity index (χ1v) is 7.25. The highest BCUT2D eigenvalue weighted by Gasteiger charge is 1.98. The number of nitriles is 2. The van der Waals surface area contributed by atoms with Gasteiger partial charge in [-0.1, -0.05) is 12.1 Å². The highest BCUT2D eigenvalue weighted by Crippen LogP contribution is 2.17. The van der Waals surface area contributed by atoms with Crippen molar-refractivity contribution in [2.45, 2.75) is 6.42 Å². The monoisotopic (exact) mass is 320 g/mol. The van der Waals surface area contributed by atoms with Gasteiger partial charge in [-0.25, -0.2) is 0 Å². The molecule has 0 spiro atoms. The van der Waals surface area contributed by atoms with Crippen LogP contribution in [0.2, 0.25) is 0 Å². The van der Waals surface area contributed by atoms with E-state index in [1.807, 2.05) is 24.3 Å². The maximum Gasteiger partial charge on any atom is 0.237 e. The van der Waals surface area contributed by atoms with Crippen LogP contribution in [-0.4, -0.2) is 19.4 Å². The molecule has 0 radical (unpaired) electrons. The molecule has 0 aromatic heterocycles. The van der Waals surface area contributed by atoms with Gasteiger partial charge in [0.15, 0.2) is 0 Å². The van der Waals surface area contributed by atoms with E-state index in [1.165, 1.54) is 5.56 Å². The van der Waals surface area contributed by atoms with E-state index in [0.717, 1.165) is 17.9 Å². The molecule has 2 aromatic rings. The molecule has 24 heavy (non-hydrogen) atoms. The number of hydrazone groups is 1. The first-order chi connectivity index (χ1) is 11.7. The molecule has 120 valence electrons. The summed E-state index contributed by atoms with van der Waals surface area (Å²) in [6.07, 6.45) is 0.794. The van der Waals surface area contributed by atoms with Gasteiger partial charge in [0, 0.05) is 6.42 Å². The molecule has 2 rings (SSSR count). The van der Waals surface area contributed by atoms with Gasteiger partial charge in [0.2, 0.25) is 5.71 Å². The summed E-state index contributed by atoms with van der Waals surface area (Å²) in [6, 6.07) is 18.3. The molecule has 0 atom stereocenters. The molecule has 0 unspecified atom stereocenters. The first kappa shape index (κ1) is 16.9. The smallest absolute Gasteiger partial charge is 0.237 e. The maximum atomic E-state index is 8.60. The number of nitrogens with zero attached hydrogens (tertiary/aromatic N) is 3. The zero-order valence-corrected chi connectivity index (χ0v) is 13.2. The lowest BCUT2D eigenvalue weighted by molar-refractivity contribution is 0.322. The number of ether oxygens (including phenoxy) is 2.